The third-order valence-corrected chi connectivity index (χ3v) is 5.31. The Labute approximate surface area is 165 Å². The smallest absolute Gasteiger partial charge is 0.381 e. The van der Waals surface area contributed by atoms with E-state index in [-0.39, 0.29) is 0 Å². The van der Waals surface area contributed by atoms with Gasteiger partial charge < -0.3 is 15.0 Å². The second-order valence-corrected chi connectivity index (χ2v) is 7.22. The third kappa shape index (κ3) is 5.74. The van der Waals surface area contributed by atoms with Crippen molar-refractivity contribution in [2.24, 2.45) is 4.99 Å². The predicted molar refractivity (Wildman–Crippen MR) is 107 cm³/mol. The fraction of sp³-hybridized carbons (Fsp3) is 0.571. The Hall–Kier alpha value is -2.02. The fourth-order valence-electron chi connectivity index (χ4n) is 3.57. The molecule has 1 aromatic carbocycles. The molecule has 2 rings (SSSR count). The zero-order chi connectivity index (χ0) is 20.6. The Morgan fingerprint density at radius 3 is 2.68 bits per heavy atom. The first kappa shape index (κ1) is 22.3. The van der Waals surface area contributed by atoms with Gasteiger partial charge in [-0.1, -0.05) is 24.3 Å². The summed E-state index contributed by atoms with van der Waals surface area (Å²) in [5.74, 6) is 0.738. The van der Waals surface area contributed by atoms with E-state index in [0.717, 1.165) is 31.4 Å². The van der Waals surface area contributed by atoms with Crippen LogP contribution >= 0.6 is 0 Å². The quantitative estimate of drug-likeness (QED) is 0.324. The van der Waals surface area contributed by atoms with E-state index in [4.69, 9.17) is 4.74 Å². The van der Waals surface area contributed by atoms with Crippen LogP contribution in [0.15, 0.2) is 41.9 Å². The molecule has 1 heterocycles. The standard InChI is InChI=1S/C21H30F3N3O/c1-4-5-6-12-27(3)19(25-2)26-16-20(10-13-28-14-11-20)17-8-7-9-18(15-17)21(22,23)24/h4,7-9,15H,1,5-6,10-14,16H2,2-3H3,(H,25,26). The maximum absolute atomic E-state index is 13.2. The van der Waals surface area contributed by atoms with E-state index in [1.165, 1.54) is 12.1 Å². The lowest BCUT2D eigenvalue weighted by Crippen LogP contribution is -2.48. The summed E-state index contributed by atoms with van der Waals surface area (Å²) in [5, 5.41) is 3.38. The van der Waals surface area contributed by atoms with Crippen molar-refractivity contribution in [3.63, 3.8) is 0 Å². The molecule has 0 bridgehead atoms. The second kappa shape index (κ2) is 9.96. The largest absolute Gasteiger partial charge is 0.416 e. The maximum atomic E-state index is 13.2. The molecular weight excluding hydrogens is 367 g/mol. The van der Waals surface area contributed by atoms with Crippen LogP contribution in [-0.4, -0.2) is 51.3 Å². The molecule has 0 aliphatic carbocycles. The SMILES string of the molecule is C=CCCCN(C)C(=NC)NCC1(c2cccc(C(F)(F)F)c2)CCOCC1. The third-order valence-electron chi connectivity index (χ3n) is 5.31. The lowest BCUT2D eigenvalue weighted by atomic mass is 9.73. The number of alkyl halides is 3. The van der Waals surface area contributed by atoms with Gasteiger partial charge >= 0.3 is 6.18 Å². The molecule has 0 radical (unpaired) electrons. The highest BCUT2D eigenvalue weighted by Crippen LogP contribution is 2.37. The Bertz CT molecular complexity index is 667. The first-order chi connectivity index (χ1) is 13.3. The molecular formula is C21H30F3N3O. The molecule has 0 saturated carbocycles. The van der Waals surface area contributed by atoms with Crippen molar-refractivity contribution in [3.05, 3.63) is 48.0 Å². The number of halogens is 3. The van der Waals surface area contributed by atoms with E-state index < -0.39 is 17.2 Å². The number of hydrogen-bond acceptors (Lipinski definition) is 2. The summed E-state index contributed by atoms with van der Waals surface area (Å²) >= 11 is 0. The number of nitrogens with zero attached hydrogens (tertiary/aromatic N) is 2. The zero-order valence-corrected chi connectivity index (χ0v) is 16.7. The Kier molecular flexibility index (Phi) is 7.92. The van der Waals surface area contributed by atoms with Crippen molar-refractivity contribution < 1.29 is 17.9 Å². The predicted octanol–water partition coefficient (Wildman–Crippen LogP) is 4.23. The van der Waals surface area contributed by atoms with Crippen molar-refractivity contribution in [2.45, 2.75) is 37.3 Å². The van der Waals surface area contributed by atoms with Crippen LogP contribution in [0, 0.1) is 0 Å². The van der Waals surface area contributed by atoms with Crippen LogP contribution in [0.5, 0.6) is 0 Å². The van der Waals surface area contributed by atoms with Gasteiger partial charge in [0.1, 0.15) is 0 Å². The van der Waals surface area contributed by atoms with Gasteiger partial charge in [-0.15, -0.1) is 6.58 Å². The Balaban J connectivity index is 2.18. The van der Waals surface area contributed by atoms with E-state index >= 15 is 0 Å². The van der Waals surface area contributed by atoms with Crippen LogP contribution in [0.4, 0.5) is 13.2 Å². The summed E-state index contributed by atoms with van der Waals surface area (Å²) in [6, 6.07) is 5.68. The van der Waals surface area contributed by atoms with E-state index in [1.54, 1.807) is 13.1 Å². The van der Waals surface area contributed by atoms with Crippen LogP contribution in [0.3, 0.4) is 0 Å². The number of allylic oxidation sites excluding steroid dienone is 1. The number of ether oxygens (including phenoxy) is 1. The van der Waals surface area contributed by atoms with E-state index in [9.17, 15) is 13.2 Å². The lowest BCUT2D eigenvalue weighted by Gasteiger charge is -2.39. The van der Waals surface area contributed by atoms with Gasteiger partial charge in [-0.2, -0.15) is 13.2 Å². The summed E-state index contributed by atoms with van der Waals surface area (Å²) in [5.41, 5.74) is -0.332. The van der Waals surface area contributed by atoms with Gasteiger partial charge in [0.15, 0.2) is 5.96 Å². The van der Waals surface area contributed by atoms with Gasteiger partial charge in [0.05, 0.1) is 5.56 Å². The molecule has 0 aromatic heterocycles. The van der Waals surface area contributed by atoms with E-state index in [1.807, 2.05) is 18.0 Å². The average Bonchev–Trinajstić information content (AvgIpc) is 2.69. The molecule has 0 unspecified atom stereocenters. The van der Waals surface area contributed by atoms with Gasteiger partial charge in [-0.3, -0.25) is 4.99 Å². The molecule has 7 heteroatoms. The molecule has 1 aliphatic heterocycles. The van der Waals surface area contributed by atoms with Crippen LogP contribution in [0.25, 0.3) is 0 Å². The molecule has 0 amide bonds. The van der Waals surface area contributed by atoms with Gasteiger partial charge in [0.25, 0.3) is 0 Å². The summed E-state index contributed by atoms with van der Waals surface area (Å²) in [7, 11) is 3.67. The molecule has 1 N–H and O–H groups in total. The van der Waals surface area contributed by atoms with Gasteiger partial charge in [0.2, 0.25) is 0 Å². The minimum atomic E-state index is -4.35. The second-order valence-electron chi connectivity index (χ2n) is 7.22. The molecule has 0 atom stereocenters. The van der Waals surface area contributed by atoms with Crippen LogP contribution in [0.1, 0.15) is 36.8 Å². The molecule has 1 fully saturated rings. The molecule has 0 spiro atoms. The number of guanidine groups is 1. The summed E-state index contributed by atoms with van der Waals surface area (Å²) in [6.45, 7) is 6.13. The van der Waals surface area contributed by atoms with Crippen molar-refractivity contribution in [1.29, 1.82) is 0 Å². The van der Waals surface area contributed by atoms with Crippen molar-refractivity contribution >= 4 is 5.96 Å². The monoisotopic (exact) mass is 397 g/mol. The minimum Gasteiger partial charge on any atom is -0.381 e. The summed E-state index contributed by atoms with van der Waals surface area (Å²) < 4.78 is 45.1. The maximum Gasteiger partial charge on any atom is 0.416 e. The van der Waals surface area contributed by atoms with E-state index in [0.29, 0.717) is 38.2 Å². The van der Waals surface area contributed by atoms with Gasteiger partial charge in [-0.05, 0) is 37.3 Å². The van der Waals surface area contributed by atoms with E-state index in [2.05, 4.69) is 16.9 Å². The van der Waals surface area contributed by atoms with Gasteiger partial charge in [0, 0.05) is 45.8 Å². The fourth-order valence-corrected chi connectivity index (χ4v) is 3.57. The average molecular weight is 397 g/mol. The van der Waals surface area contributed by atoms with Crippen LogP contribution in [-0.2, 0) is 16.3 Å². The molecule has 1 aliphatic rings. The Morgan fingerprint density at radius 1 is 1.36 bits per heavy atom. The number of unbranched alkanes of at least 4 members (excludes halogenated alkanes) is 1. The first-order valence-corrected chi connectivity index (χ1v) is 9.60. The number of nitrogens with one attached hydrogen (secondary N) is 1. The van der Waals surface area contributed by atoms with Crippen molar-refractivity contribution in [1.82, 2.24) is 10.2 Å². The molecule has 1 aromatic rings. The van der Waals surface area contributed by atoms with Crippen LogP contribution in [0.2, 0.25) is 0 Å². The van der Waals surface area contributed by atoms with Crippen LogP contribution < -0.4 is 5.32 Å². The topological polar surface area (TPSA) is 36.9 Å². The highest BCUT2D eigenvalue weighted by atomic mass is 19.4. The minimum absolute atomic E-state index is 0.419. The molecule has 28 heavy (non-hydrogen) atoms. The number of benzene rings is 1. The van der Waals surface area contributed by atoms with Crippen molar-refractivity contribution in [3.8, 4) is 0 Å². The molecule has 156 valence electrons. The molecule has 4 nitrogen and oxygen atoms in total. The Morgan fingerprint density at radius 2 is 2.07 bits per heavy atom. The molecule has 1 saturated heterocycles. The van der Waals surface area contributed by atoms with Gasteiger partial charge in [-0.25, -0.2) is 0 Å². The number of hydrogen-bond donors (Lipinski definition) is 1. The highest BCUT2D eigenvalue weighted by molar-refractivity contribution is 5.79. The van der Waals surface area contributed by atoms with Crippen molar-refractivity contribution in [2.75, 3.05) is 40.4 Å². The zero-order valence-electron chi connectivity index (χ0n) is 16.7. The number of aliphatic imine (C=N–C) groups is 1. The normalized spacial score (nSPS) is 17.2. The summed E-state index contributed by atoms with van der Waals surface area (Å²) in [6.07, 6.45) is 0.753. The first-order valence-electron chi connectivity index (χ1n) is 9.60. The lowest BCUT2D eigenvalue weighted by molar-refractivity contribution is -0.137. The number of rotatable bonds is 7. The highest BCUT2D eigenvalue weighted by Gasteiger charge is 2.37. The summed E-state index contributed by atoms with van der Waals surface area (Å²) in [4.78, 5) is 6.36.